The van der Waals surface area contributed by atoms with Crippen molar-refractivity contribution in [3.05, 3.63) is 40.1 Å². The zero-order chi connectivity index (χ0) is 13.1. The Morgan fingerprint density at radius 2 is 2.06 bits per heavy atom. The lowest BCUT2D eigenvalue weighted by Gasteiger charge is -2.10. The summed E-state index contributed by atoms with van der Waals surface area (Å²) < 4.78 is 2.19. The van der Waals surface area contributed by atoms with Gasteiger partial charge in [0.05, 0.1) is 0 Å². The van der Waals surface area contributed by atoms with Crippen molar-refractivity contribution in [3.63, 3.8) is 0 Å². The number of halogens is 1. The van der Waals surface area contributed by atoms with Gasteiger partial charge in [-0.05, 0) is 35.0 Å². The fourth-order valence-electron chi connectivity index (χ4n) is 1.58. The fraction of sp³-hybridized carbons (Fsp3) is 0.333. The number of aromatic nitrogens is 3. The Hall–Kier alpha value is -0.850. The van der Waals surface area contributed by atoms with Crippen LogP contribution < -0.4 is 0 Å². The second kappa shape index (κ2) is 5.86. The Labute approximate surface area is 119 Å². The van der Waals surface area contributed by atoms with E-state index in [1.807, 2.05) is 0 Å². The van der Waals surface area contributed by atoms with E-state index in [0.717, 1.165) is 4.90 Å². The van der Waals surface area contributed by atoms with Gasteiger partial charge >= 0.3 is 0 Å². The molecule has 0 amide bonds. The molecule has 0 aliphatic rings. The molecule has 0 fully saturated rings. The summed E-state index contributed by atoms with van der Waals surface area (Å²) in [4.78, 5) is 1.14. The number of thioether (sulfide) groups is 1. The summed E-state index contributed by atoms with van der Waals surface area (Å²) in [7, 11) is 1.77. The molecule has 0 aliphatic carbocycles. The molecule has 2 rings (SSSR count). The summed E-state index contributed by atoms with van der Waals surface area (Å²) in [6.45, 7) is 2.06. The highest BCUT2D eigenvalue weighted by atomic mass is 79.9. The molecule has 1 unspecified atom stereocenters. The van der Waals surface area contributed by atoms with Crippen molar-refractivity contribution in [2.24, 2.45) is 7.05 Å². The standard InChI is InChI=1S/C12H14BrN3OS/c1-8-3-5-9(6-4-8)18-7-10(17)11-12(13)14-15-16(11)2/h3-6,10,17H,7H2,1-2H3. The molecule has 2 aromatic rings. The molecular weight excluding hydrogens is 314 g/mol. The van der Waals surface area contributed by atoms with Crippen molar-refractivity contribution in [1.29, 1.82) is 0 Å². The minimum atomic E-state index is -0.592. The monoisotopic (exact) mass is 327 g/mol. The minimum absolute atomic E-state index is 0.572. The predicted molar refractivity (Wildman–Crippen MR) is 75.6 cm³/mol. The normalized spacial score (nSPS) is 12.7. The minimum Gasteiger partial charge on any atom is -0.386 e. The van der Waals surface area contributed by atoms with Crippen LogP contribution in [0.3, 0.4) is 0 Å². The van der Waals surface area contributed by atoms with Crippen LogP contribution in [0.1, 0.15) is 17.4 Å². The summed E-state index contributed by atoms with van der Waals surface area (Å²) in [5.41, 5.74) is 1.94. The summed E-state index contributed by atoms with van der Waals surface area (Å²) in [6, 6.07) is 8.25. The lowest BCUT2D eigenvalue weighted by atomic mass is 10.2. The quantitative estimate of drug-likeness (QED) is 0.877. The number of rotatable bonds is 4. The average Bonchev–Trinajstić information content (AvgIpc) is 2.68. The second-order valence-corrected chi connectivity index (χ2v) is 5.87. The van der Waals surface area contributed by atoms with Gasteiger partial charge in [0.1, 0.15) is 11.8 Å². The first-order valence-corrected chi connectivity index (χ1v) is 7.28. The van der Waals surface area contributed by atoms with E-state index in [4.69, 9.17) is 0 Å². The average molecular weight is 328 g/mol. The highest BCUT2D eigenvalue weighted by molar-refractivity contribution is 9.10. The van der Waals surface area contributed by atoms with Gasteiger partial charge in [0.2, 0.25) is 0 Å². The molecule has 0 aliphatic heterocycles. The van der Waals surface area contributed by atoms with Crippen molar-refractivity contribution >= 4 is 27.7 Å². The van der Waals surface area contributed by atoms with E-state index < -0.39 is 6.10 Å². The number of aliphatic hydroxyl groups is 1. The van der Waals surface area contributed by atoms with Crippen molar-refractivity contribution in [1.82, 2.24) is 15.0 Å². The van der Waals surface area contributed by atoms with Gasteiger partial charge in [-0.15, -0.1) is 16.9 Å². The maximum atomic E-state index is 10.1. The first kappa shape index (κ1) is 13.6. The smallest absolute Gasteiger partial charge is 0.154 e. The van der Waals surface area contributed by atoms with Gasteiger partial charge in [-0.1, -0.05) is 22.9 Å². The molecule has 1 aromatic heterocycles. The van der Waals surface area contributed by atoms with Crippen molar-refractivity contribution in [3.8, 4) is 0 Å². The second-order valence-electron chi connectivity index (χ2n) is 4.03. The zero-order valence-corrected chi connectivity index (χ0v) is 12.6. The third kappa shape index (κ3) is 3.13. The van der Waals surface area contributed by atoms with Crippen LogP contribution in [0.4, 0.5) is 0 Å². The molecule has 0 radical (unpaired) electrons. The Kier molecular flexibility index (Phi) is 4.42. The van der Waals surface area contributed by atoms with Crippen molar-refractivity contribution in [2.45, 2.75) is 17.9 Å². The van der Waals surface area contributed by atoms with Gasteiger partial charge < -0.3 is 5.11 Å². The van der Waals surface area contributed by atoms with Crippen LogP contribution in [-0.4, -0.2) is 25.9 Å². The molecular formula is C12H14BrN3OS. The van der Waals surface area contributed by atoms with Gasteiger partial charge in [0, 0.05) is 17.7 Å². The van der Waals surface area contributed by atoms with E-state index in [-0.39, 0.29) is 0 Å². The molecule has 0 saturated heterocycles. The van der Waals surface area contributed by atoms with Gasteiger partial charge in [0.25, 0.3) is 0 Å². The fourth-order valence-corrected chi connectivity index (χ4v) is 3.01. The van der Waals surface area contributed by atoms with Gasteiger partial charge in [0.15, 0.2) is 4.60 Å². The van der Waals surface area contributed by atoms with Gasteiger partial charge in [-0.3, -0.25) is 0 Å². The number of nitrogens with zero attached hydrogens (tertiary/aromatic N) is 3. The largest absolute Gasteiger partial charge is 0.386 e. The number of aliphatic hydroxyl groups excluding tert-OH is 1. The van der Waals surface area contributed by atoms with E-state index in [1.54, 1.807) is 23.5 Å². The van der Waals surface area contributed by atoms with Crippen LogP contribution in [-0.2, 0) is 7.05 Å². The molecule has 6 heteroatoms. The van der Waals surface area contributed by atoms with Crippen LogP contribution in [0.2, 0.25) is 0 Å². The Balaban J connectivity index is 2.00. The van der Waals surface area contributed by atoms with E-state index in [2.05, 4.69) is 57.4 Å². The number of hydrogen-bond donors (Lipinski definition) is 1. The summed E-state index contributed by atoms with van der Waals surface area (Å²) in [6.07, 6.45) is -0.592. The predicted octanol–water partition coefficient (Wildman–Crippen LogP) is 2.71. The first-order chi connectivity index (χ1) is 8.58. The molecule has 0 saturated carbocycles. The number of benzene rings is 1. The molecule has 4 nitrogen and oxygen atoms in total. The molecule has 1 N–H and O–H groups in total. The topological polar surface area (TPSA) is 50.9 Å². The van der Waals surface area contributed by atoms with Crippen LogP contribution in [0.15, 0.2) is 33.8 Å². The van der Waals surface area contributed by atoms with Gasteiger partial charge in [-0.25, -0.2) is 4.68 Å². The lowest BCUT2D eigenvalue weighted by Crippen LogP contribution is -2.08. The zero-order valence-electron chi connectivity index (χ0n) is 10.2. The third-order valence-electron chi connectivity index (χ3n) is 2.57. The molecule has 1 aromatic carbocycles. The molecule has 96 valence electrons. The molecule has 1 heterocycles. The highest BCUT2D eigenvalue weighted by Gasteiger charge is 2.17. The molecule has 18 heavy (non-hydrogen) atoms. The Morgan fingerprint density at radius 1 is 1.39 bits per heavy atom. The molecule has 0 bridgehead atoms. The number of aryl methyl sites for hydroxylation is 2. The lowest BCUT2D eigenvalue weighted by molar-refractivity contribution is 0.193. The number of hydrogen-bond acceptors (Lipinski definition) is 4. The maximum Gasteiger partial charge on any atom is 0.154 e. The van der Waals surface area contributed by atoms with Crippen LogP contribution in [0.5, 0.6) is 0 Å². The maximum absolute atomic E-state index is 10.1. The SMILES string of the molecule is Cc1ccc(SCC(O)c2c(Br)nnn2C)cc1. The van der Waals surface area contributed by atoms with E-state index in [1.165, 1.54) is 5.56 Å². The first-order valence-electron chi connectivity index (χ1n) is 5.50. The third-order valence-corrected chi connectivity index (χ3v) is 4.22. The van der Waals surface area contributed by atoms with Crippen LogP contribution in [0, 0.1) is 6.92 Å². The summed E-state index contributed by atoms with van der Waals surface area (Å²) in [5.74, 6) is 0.572. The summed E-state index contributed by atoms with van der Waals surface area (Å²) in [5, 5.41) is 17.9. The summed E-state index contributed by atoms with van der Waals surface area (Å²) >= 11 is 4.90. The highest BCUT2D eigenvalue weighted by Crippen LogP contribution is 2.27. The van der Waals surface area contributed by atoms with Gasteiger partial charge in [-0.2, -0.15) is 0 Å². The van der Waals surface area contributed by atoms with E-state index in [9.17, 15) is 5.11 Å². The molecule has 1 atom stereocenters. The Morgan fingerprint density at radius 3 is 2.61 bits per heavy atom. The van der Waals surface area contributed by atoms with Crippen LogP contribution >= 0.6 is 27.7 Å². The van der Waals surface area contributed by atoms with Crippen molar-refractivity contribution in [2.75, 3.05) is 5.75 Å². The van der Waals surface area contributed by atoms with Crippen LogP contribution in [0.25, 0.3) is 0 Å². The van der Waals surface area contributed by atoms with Crippen molar-refractivity contribution < 1.29 is 5.11 Å². The Bertz CT molecular complexity index is 507. The van der Waals surface area contributed by atoms with E-state index in [0.29, 0.717) is 16.0 Å². The van der Waals surface area contributed by atoms with E-state index >= 15 is 0 Å². The molecule has 0 spiro atoms.